The number of carbonyl (C=O) groups excluding carboxylic acids is 2. The van der Waals surface area contributed by atoms with Crippen LogP contribution in [-0.4, -0.2) is 70.1 Å². The Morgan fingerprint density at radius 2 is 1.51 bits per heavy atom. The fourth-order valence-electron chi connectivity index (χ4n) is 5.42. The number of nitrogens with zero attached hydrogens (tertiary/aromatic N) is 1. The van der Waals surface area contributed by atoms with E-state index in [1.54, 1.807) is 24.3 Å². The molecule has 3 aromatic rings. The lowest BCUT2D eigenvalue weighted by molar-refractivity contribution is -0.271. The first-order valence-corrected chi connectivity index (χ1v) is 13.6. The molecule has 0 saturated carbocycles. The van der Waals surface area contributed by atoms with Gasteiger partial charge in [-0.1, -0.05) is 24.3 Å². The summed E-state index contributed by atoms with van der Waals surface area (Å²) in [6.07, 6.45) is -8.58. The highest BCUT2D eigenvalue weighted by molar-refractivity contribution is 6.03. The number of aliphatic hydroxyl groups excluding tert-OH is 4. The van der Waals surface area contributed by atoms with E-state index in [0.717, 1.165) is 7.11 Å². The van der Waals surface area contributed by atoms with E-state index in [1.807, 2.05) is 0 Å². The van der Waals surface area contributed by atoms with Crippen LogP contribution in [0.3, 0.4) is 0 Å². The minimum absolute atomic E-state index is 0.197. The van der Waals surface area contributed by atoms with Gasteiger partial charge in [0.2, 0.25) is 12.2 Å². The fourth-order valence-corrected chi connectivity index (χ4v) is 5.42. The van der Waals surface area contributed by atoms with E-state index in [0.29, 0.717) is 23.2 Å². The van der Waals surface area contributed by atoms with Crippen molar-refractivity contribution >= 4 is 17.6 Å². The fraction of sp³-hybridized carbons (Fsp3) is 0.355. The topological polar surface area (TPSA) is 146 Å². The molecule has 0 aliphatic carbocycles. The number of benzene rings is 3. The van der Waals surface area contributed by atoms with Gasteiger partial charge in [-0.3, -0.25) is 4.79 Å². The van der Waals surface area contributed by atoms with E-state index < -0.39 is 66.4 Å². The van der Waals surface area contributed by atoms with Crippen molar-refractivity contribution in [3.05, 3.63) is 95.6 Å². The highest BCUT2D eigenvalue weighted by atomic mass is 19.1. The molecule has 5 rings (SSSR count). The number of hydrogen-bond donors (Lipinski definition) is 4. The number of carbonyl (C=O) groups is 2. The van der Waals surface area contributed by atoms with Crippen LogP contribution in [0, 0.1) is 17.6 Å². The van der Waals surface area contributed by atoms with Crippen LogP contribution in [0.5, 0.6) is 5.75 Å². The SMILES string of the molecule is COC(=O)[C@H]1O[C@@H](Oc2ccc([C@@H]3[C@@H](CC[C@H](O)c4ccc(F)cc4)C(=O)N3c3ccc(F)cc3)cc2)[C@H](O)[C@@H](O)[C@@H]1O. The zero-order valence-electron chi connectivity index (χ0n) is 23.0. The largest absolute Gasteiger partial charge is 0.467 e. The van der Waals surface area contributed by atoms with Crippen molar-refractivity contribution in [2.75, 3.05) is 12.0 Å². The monoisotopic (exact) mass is 599 g/mol. The van der Waals surface area contributed by atoms with Crippen molar-refractivity contribution in [3.63, 3.8) is 0 Å². The minimum atomic E-state index is -1.74. The molecule has 0 radical (unpaired) electrons. The van der Waals surface area contributed by atoms with Crippen molar-refractivity contribution in [1.29, 1.82) is 0 Å². The third-order valence-electron chi connectivity index (χ3n) is 7.80. The van der Waals surface area contributed by atoms with Gasteiger partial charge in [0.1, 0.15) is 35.7 Å². The van der Waals surface area contributed by atoms with Crippen molar-refractivity contribution in [3.8, 4) is 5.75 Å². The molecule has 4 N–H and O–H groups in total. The van der Waals surface area contributed by atoms with Gasteiger partial charge in [0.05, 0.1) is 25.2 Å². The van der Waals surface area contributed by atoms with Crippen LogP contribution in [0.15, 0.2) is 72.8 Å². The number of rotatable bonds is 9. The summed E-state index contributed by atoms with van der Waals surface area (Å²) in [6.45, 7) is 0. The van der Waals surface area contributed by atoms with E-state index in [4.69, 9.17) is 9.47 Å². The molecule has 228 valence electrons. The standard InChI is InChI=1S/C31H31F2NO9/c1-41-30(40)28-26(37)25(36)27(38)31(43-28)42-21-12-4-17(5-13-21)24-22(14-15-23(35)16-2-6-18(32)7-3-16)29(39)34(24)20-10-8-19(33)9-11-20/h2-13,22-28,31,35-38H,14-15H2,1H3/t22-,23+,24-,25+,26+,27-,28+,31-/m1/s1. The Morgan fingerprint density at radius 3 is 2.12 bits per heavy atom. The van der Waals surface area contributed by atoms with E-state index in [2.05, 4.69) is 4.74 Å². The minimum Gasteiger partial charge on any atom is -0.467 e. The third-order valence-corrected chi connectivity index (χ3v) is 7.80. The lowest BCUT2D eigenvalue weighted by Crippen LogP contribution is -2.61. The number of halogens is 2. The number of β-lactam (4-membered cyclic amide) rings is 1. The van der Waals surface area contributed by atoms with Gasteiger partial charge >= 0.3 is 5.97 Å². The summed E-state index contributed by atoms with van der Waals surface area (Å²) in [5.74, 6) is -2.35. The predicted molar refractivity (Wildman–Crippen MR) is 146 cm³/mol. The quantitative estimate of drug-likeness (QED) is 0.215. The Labute approximate surface area is 245 Å². The van der Waals surface area contributed by atoms with Crippen molar-refractivity contribution in [2.24, 2.45) is 5.92 Å². The molecule has 0 bridgehead atoms. The molecule has 10 nitrogen and oxygen atoms in total. The number of hydrogen-bond acceptors (Lipinski definition) is 9. The summed E-state index contributed by atoms with van der Waals surface area (Å²) >= 11 is 0. The smallest absolute Gasteiger partial charge is 0.337 e. The first-order chi connectivity index (χ1) is 20.6. The molecule has 0 spiro atoms. The molecular weight excluding hydrogens is 568 g/mol. The van der Waals surface area contributed by atoms with Gasteiger partial charge in [0.15, 0.2) is 6.10 Å². The van der Waals surface area contributed by atoms with E-state index in [9.17, 15) is 38.8 Å². The molecule has 8 atom stereocenters. The Balaban J connectivity index is 1.34. The first kappa shape index (κ1) is 30.5. The number of anilines is 1. The molecule has 2 aliphatic rings. The van der Waals surface area contributed by atoms with E-state index in [1.165, 1.54) is 53.4 Å². The van der Waals surface area contributed by atoms with Crippen LogP contribution < -0.4 is 9.64 Å². The summed E-state index contributed by atoms with van der Waals surface area (Å²) in [7, 11) is 1.08. The lowest BCUT2D eigenvalue weighted by atomic mass is 9.78. The molecule has 2 heterocycles. The summed E-state index contributed by atoms with van der Waals surface area (Å²) < 4.78 is 42.5. The molecule has 3 aromatic carbocycles. The molecular formula is C31H31F2NO9. The van der Waals surface area contributed by atoms with Crippen LogP contribution >= 0.6 is 0 Å². The number of ether oxygens (including phenoxy) is 3. The zero-order valence-corrected chi connectivity index (χ0v) is 23.0. The average molecular weight is 600 g/mol. The summed E-state index contributed by atoms with van der Waals surface area (Å²) in [4.78, 5) is 26.8. The Morgan fingerprint density at radius 1 is 0.907 bits per heavy atom. The molecule has 2 saturated heterocycles. The predicted octanol–water partition coefficient (Wildman–Crippen LogP) is 2.54. The van der Waals surface area contributed by atoms with Crippen LogP contribution in [0.1, 0.15) is 36.1 Å². The summed E-state index contributed by atoms with van der Waals surface area (Å²) in [6, 6.07) is 17.0. The van der Waals surface area contributed by atoms with Crippen molar-refractivity contribution < 1.29 is 53.0 Å². The second-order valence-corrected chi connectivity index (χ2v) is 10.5. The van der Waals surface area contributed by atoms with Crippen molar-refractivity contribution in [2.45, 2.75) is 55.7 Å². The number of amides is 1. The van der Waals surface area contributed by atoms with Crippen LogP contribution in [0.4, 0.5) is 14.5 Å². The first-order valence-electron chi connectivity index (χ1n) is 13.6. The second-order valence-electron chi connectivity index (χ2n) is 10.5. The highest BCUT2D eigenvalue weighted by Gasteiger charge is 2.50. The third kappa shape index (κ3) is 6.24. The Bertz CT molecular complexity index is 1420. The van der Waals surface area contributed by atoms with Gasteiger partial charge in [-0.25, -0.2) is 13.6 Å². The Kier molecular flexibility index (Phi) is 9.04. The summed E-state index contributed by atoms with van der Waals surface area (Å²) in [5.41, 5.74) is 1.72. The molecule has 12 heteroatoms. The van der Waals surface area contributed by atoms with Crippen molar-refractivity contribution in [1.82, 2.24) is 0 Å². The average Bonchev–Trinajstić information content (AvgIpc) is 3.01. The lowest BCUT2D eigenvalue weighted by Gasteiger charge is -2.48. The van der Waals surface area contributed by atoms with Crippen LogP contribution in [0.25, 0.3) is 0 Å². The number of aliphatic hydroxyl groups is 4. The molecule has 2 aliphatic heterocycles. The molecule has 2 fully saturated rings. The van der Waals surface area contributed by atoms with Crippen LogP contribution in [-0.2, 0) is 19.1 Å². The van der Waals surface area contributed by atoms with E-state index >= 15 is 0 Å². The zero-order chi connectivity index (χ0) is 30.8. The van der Waals surface area contributed by atoms with Gasteiger partial charge in [-0.15, -0.1) is 0 Å². The van der Waals surface area contributed by atoms with Gasteiger partial charge in [0.25, 0.3) is 0 Å². The number of methoxy groups -OCH3 is 1. The van der Waals surface area contributed by atoms with Gasteiger partial charge < -0.3 is 39.5 Å². The summed E-state index contributed by atoms with van der Waals surface area (Å²) in [5, 5.41) is 41.3. The normalized spacial score (nSPS) is 27.7. The van der Waals surface area contributed by atoms with E-state index in [-0.39, 0.29) is 18.1 Å². The molecule has 43 heavy (non-hydrogen) atoms. The van der Waals surface area contributed by atoms with Gasteiger partial charge in [0, 0.05) is 5.69 Å². The maximum Gasteiger partial charge on any atom is 0.337 e. The van der Waals surface area contributed by atoms with Crippen LogP contribution in [0.2, 0.25) is 0 Å². The second kappa shape index (κ2) is 12.7. The molecule has 1 amide bonds. The Hall–Kier alpha value is -3.94. The maximum absolute atomic E-state index is 13.6. The molecule has 0 unspecified atom stereocenters. The maximum atomic E-state index is 13.6. The molecule has 0 aromatic heterocycles. The number of esters is 1. The van der Waals surface area contributed by atoms with Gasteiger partial charge in [-0.2, -0.15) is 0 Å². The van der Waals surface area contributed by atoms with Gasteiger partial charge in [-0.05, 0) is 72.5 Å². The highest BCUT2D eigenvalue weighted by Crippen LogP contribution is 2.46.